The second kappa shape index (κ2) is 5.27. The molecule has 0 fully saturated rings. The molecule has 92 valence electrons. The van der Waals surface area contributed by atoms with Gasteiger partial charge in [-0.1, -0.05) is 31.2 Å². The lowest BCUT2D eigenvalue weighted by molar-refractivity contribution is 0.436. The Morgan fingerprint density at radius 1 is 1.18 bits per heavy atom. The molecule has 17 heavy (non-hydrogen) atoms. The number of para-hydroxylation sites is 1. The van der Waals surface area contributed by atoms with E-state index >= 15 is 0 Å². The minimum Gasteiger partial charge on any atom is -0.314 e. The molecule has 0 saturated heterocycles. The van der Waals surface area contributed by atoms with Crippen LogP contribution in [0, 0.1) is 5.92 Å². The molecule has 4 nitrogen and oxygen atoms in total. The third kappa shape index (κ3) is 2.82. The molecule has 0 spiro atoms. The highest BCUT2D eigenvalue weighted by molar-refractivity contribution is 5.73. The first-order chi connectivity index (χ1) is 8.18. The third-order valence-electron chi connectivity index (χ3n) is 2.79. The lowest BCUT2D eigenvalue weighted by atomic mass is 10.2. The highest BCUT2D eigenvalue weighted by atomic mass is 15.4. The molecule has 1 aromatic heterocycles. The molecule has 1 heterocycles. The molecule has 1 unspecified atom stereocenters. The maximum atomic E-state index is 4.22. The zero-order valence-electron chi connectivity index (χ0n) is 10.7. The van der Waals surface area contributed by atoms with Gasteiger partial charge < -0.3 is 5.32 Å². The molecule has 0 aliphatic heterocycles. The lowest BCUT2D eigenvalue weighted by Crippen LogP contribution is -2.27. The van der Waals surface area contributed by atoms with Crippen LogP contribution in [0.15, 0.2) is 24.3 Å². The number of hydrogen-bond acceptors (Lipinski definition) is 3. The molecule has 0 aliphatic carbocycles. The van der Waals surface area contributed by atoms with Crippen molar-refractivity contribution in [2.24, 2.45) is 5.92 Å². The first-order valence-electron chi connectivity index (χ1n) is 6.19. The summed E-state index contributed by atoms with van der Waals surface area (Å²) in [6.07, 6.45) is 0. The van der Waals surface area contributed by atoms with E-state index < -0.39 is 0 Å². The van der Waals surface area contributed by atoms with Crippen LogP contribution in [0.5, 0.6) is 0 Å². The van der Waals surface area contributed by atoms with Gasteiger partial charge in [0.1, 0.15) is 5.52 Å². The van der Waals surface area contributed by atoms with Crippen LogP contribution in [-0.2, 0) is 0 Å². The molecule has 2 aromatic rings. The number of nitrogens with zero attached hydrogens (tertiary/aromatic N) is 3. The van der Waals surface area contributed by atoms with E-state index in [4.69, 9.17) is 0 Å². The average Bonchev–Trinajstić information content (AvgIpc) is 2.72. The number of rotatable bonds is 5. The van der Waals surface area contributed by atoms with E-state index in [2.05, 4.69) is 42.5 Å². The van der Waals surface area contributed by atoms with Crippen molar-refractivity contribution in [1.82, 2.24) is 20.3 Å². The molecule has 0 radical (unpaired) electrons. The minimum atomic E-state index is 0.321. The van der Waals surface area contributed by atoms with Gasteiger partial charge in [-0.2, -0.15) is 0 Å². The van der Waals surface area contributed by atoms with Crippen molar-refractivity contribution in [2.75, 3.05) is 13.1 Å². The monoisotopic (exact) mass is 232 g/mol. The summed E-state index contributed by atoms with van der Waals surface area (Å²) >= 11 is 0. The van der Waals surface area contributed by atoms with Gasteiger partial charge in [0, 0.05) is 6.54 Å². The zero-order chi connectivity index (χ0) is 12.3. The molecule has 0 bridgehead atoms. The predicted molar refractivity (Wildman–Crippen MR) is 69.9 cm³/mol. The summed E-state index contributed by atoms with van der Waals surface area (Å²) in [4.78, 5) is 0. The van der Waals surface area contributed by atoms with E-state index in [-0.39, 0.29) is 0 Å². The maximum Gasteiger partial charge on any atom is 0.113 e. The van der Waals surface area contributed by atoms with Crippen molar-refractivity contribution < 1.29 is 0 Å². The molecule has 0 saturated carbocycles. The number of nitrogens with one attached hydrogen (secondary N) is 1. The predicted octanol–water partition coefficient (Wildman–Crippen LogP) is 2.24. The summed E-state index contributed by atoms with van der Waals surface area (Å²) < 4.78 is 1.99. The van der Waals surface area contributed by atoms with Crippen LogP contribution in [0.4, 0.5) is 0 Å². The third-order valence-corrected chi connectivity index (χ3v) is 2.79. The van der Waals surface area contributed by atoms with Crippen LogP contribution < -0.4 is 5.32 Å². The van der Waals surface area contributed by atoms with Crippen LogP contribution in [-0.4, -0.2) is 28.1 Å². The van der Waals surface area contributed by atoms with Crippen molar-refractivity contribution >= 4 is 11.0 Å². The number of benzene rings is 1. The molecule has 2 rings (SSSR count). The van der Waals surface area contributed by atoms with E-state index in [9.17, 15) is 0 Å². The molecule has 0 amide bonds. The average molecular weight is 232 g/mol. The fourth-order valence-corrected chi connectivity index (χ4v) is 1.88. The summed E-state index contributed by atoms with van der Waals surface area (Å²) in [6, 6.07) is 8.39. The Kier molecular flexibility index (Phi) is 3.74. The van der Waals surface area contributed by atoms with E-state index in [1.54, 1.807) is 0 Å². The first-order valence-corrected chi connectivity index (χ1v) is 6.19. The van der Waals surface area contributed by atoms with Crippen LogP contribution in [0.25, 0.3) is 11.0 Å². The van der Waals surface area contributed by atoms with E-state index in [1.807, 2.05) is 22.9 Å². The van der Waals surface area contributed by atoms with Crippen LogP contribution in [0.3, 0.4) is 0 Å². The highest BCUT2D eigenvalue weighted by Crippen LogP contribution is 2.14. The Morgan fingerprint density at radius 2 is 1.94 bits per heavy atom. The Labute approximate surface area is 102 Å². The van der Waals surface area contributed by atoms with Gasteiger partial charge in [0.05, 0.1) is 11.6 Å². The van der Waals surface area contributed by atoms with Crippen molar-refractivity contribution in [3.05, 3.63) is 24.3 Å². The summed E-state index contributed by atoms with van der Waals surface area (Å²) in [5.74, 6) is 0.676. The zero-order valence-corrected chi connectivity index (χ0v) is 10.7. The van der Waals surface area contributed by atoms with Gasteiger partial charge in [0.25, 0.3) is 0 Å². The fraction of sp³-hybridized carbons (Fsp3) is 0.538. The van der Waals surface area contributed by atoms with E-state index in [0.29, 0.717) is 12.0 Å². The highest BCUT2D eigenvalue weighted by Gasteiger charge is 2.10. The van der Waals surface area contributed by atoms with Gasteiger partial charge in [-0.25, -0.2) is 4.68 Å². The fourth-order valence-electron chi connectivity index (χ4n) is 1.88. The molecule has 1 N–H and O–H groups in total. The first kappa shape index (κ1) is 12.0. The topological polar surface area (TPSA) is 42.7 Å². The summed E-state index contributed by atoms with van der Waals surface area (Å²) in [5.41, 5.74) is 2.06. The lowest BCUT2D eigenvalue weighted by Gasteiger charge is -2.14. The SMILES string of the molecule is CC(C)CNCC(C)n1nnc2ccccc21. The summed E-state index contributed by atoms with van der Waals surface area (Å²) in [7, 11) is 0. The van der Waals surface area contributed by atoms with Crippen LogP contribution >= 0.6 is 0 Å². The smallest absolute Gasteiger partial charge is 0.113 e. The van der Waals surface area contributed by atoms with Crippen molar-refractivity contribution in [3.8, 4) is 0 Å². The standard InChI is InChI=1S/C13H20N4/c1-10(2)8-14-9-11(3)17-13-7-5-4-6-12(13)15-16-17/h4-7,10-11,14H,8-9H2,1-3H3. The molecule has 1 aromatic carbocycles. The Hall–Kier alpha value is -1.42. The molecular weight excluding hydrogens is 212 g/mol. The second-order valence-electron chi connectivity index (χ2n) is 4.92. The second-order valence-corrected chi connectivity index (χ2v) is 4.92. The Morgan fingerprint density at radius 3 is 2.71 bits per heavy atom. The van der Waals surface area contributed by atoms with Crippen molar-refractivity contribution in [3.63, 3.8) is 0 Å². The number of fused-ring (bicyclic) bond motifs is 1. The normalized spacial score (nSPS) is 13.4. The number of hydrogen-bond donors (Lipinski definition) is 1. The van der Waals surface area contributed by atoms with E-state index in [0.717, 1.165) is 24.1 Å². The number of aromatic nitrogens is 3. The molecule has 4 heteroatoms. The summed E-state index contributed by atoms with van der Waals surface area (Å²) in [5, 5.41) is 11.8. The molecule has 0 aliphatic rings. The van der Waals surface area contributed by atoms with Crippen molar-refractivity contribution in [2.45, 2.75) is 26.8 Å². The van der Waals surface area contributed by atoms with Gasteiger partial charge >= 0.3 is 0 Å². The minimum absolute atomic E-state index is 0.321. The van der Waals surface area contributed by atoms with Gasteiger partial charge in [0.15, 0.2) is 0 Å². The maximum absolute atomic E-state index is 4.22. The largest absolute Gasteiger partial charge is 0.314 e. The Bertz CT molecular complexity index is 475. The quantitative estimate of drug-likeness (QED) is 0.859. The van der Waals surface area contributed by atoms with E-state index in [1.165, 1.54) is 0 Å². The van der Waals surface area contributed by atoms with Crippen LogP contribution in [0.1, 0.15) is 26.8 Å². The van der Waals surface area contributed by atoms with Gasteiger partial charge in [-0.05, 0) is 31.5 Å². The molecule has 1 atom stereocenters. The van der Waals surface area contributed by atoms with Gasteiger partial charge in [0.2, 0.25) is 0 Å². The van der Waals surface area contributed by atoms with Crippen LogP contribution in [0.2, 0.25) is 0 Å². The summed E-state index contributed by atoms with van der Waals surface area (Å²) in [6.45, 7) is 8.54. The van der Waals surface area contributed by atoms with Gasteiger partial charge in [-0.15, -0.1) is 5.10 Å². The van der Waals surface area contributed by atoms with Crippen molar-refractivity contribution in [1.29, 1.82) is 0 Å². The Balaban J connectivity index is 2.06. The molecular formula is C13H20N4. The van der Waals surface area contributed by atoms with Gasteiger partial charge in [-0.3, -0.25) is 0 Å².